The average molecular weight is 209 g/mol. The van der Waals surface area contributed by atoms with Crippen LogP contribution in [-0.2, 0) is 0 Å². The molecule has 0 aromatic carbocycles. The fraction of sp³-hybridized carbons (Fsp3) is 0.455. The lowest BCUT2D eigenvalue weighted by molar-refractivity contribution is 0.0685. The van der Waals surface area contributed by atoms with Crippen LogP contribution in [0.2, 0.25) is 0 Å². The van der Waals surface area contributed by atoms with E-state index >= 15 is 0 Å². The van der Waals surface area contributed by atoms with Gasteiger partial charge in [0, 0.05) is 5.69 Å². The molecule has 1 aromatic rings. The van der Waals surface area contributed by atoms with Gasteiger partial charge in [-0.05, 0) is 25.5 Å². The van der Waals surface area contributed by atoms with Gasteiger partial charge in [0.1, 0.15) is 0 Å². The van der Waals surface area contributed by atoms with E-state index in [9.17, 15) is 4.79 Å². The van der Waals surface area contributed by atoms with E-state index in [-0.39, 0.29) is 5.69 Å². The van der Waals surface area contributed by atoms with E-state index in [0.29, 0.717) is 18.1 Å². The summed E-state index contributed by atoms with van der Waals surface area (Å²) in [5.74, 6) is -0.702. The van der Waals surface area contributed by atoms with Crippen molar-refractivity contribution in [1.82, 2.24) is 4.98 Å². The monoisotopic (exact) mass is 209 g/mol. The van der Waals surface area contributed by atoms with Crippen LogP contribution >= 0.6 is 0 Å². The van der Waals surface area contributed by atoms with E-state index in [0.717, 1.165) is 12.8 Å². The fourth-order valence-corrected chi connectivity index (χ4v) is 1.14. The van der Waals surface area contributed by atoms with Gasteiger partial charge in [0.2, 0.25) is 0 Å². The number of nitrogens with zero attached hydrogens (tertiary/aromatic N) is 1. The lowest BCUT2D eigenvalue weighted by Crippen LogP contribution is -2.07. The van der Waals surface area contributed by atoms with Crippen LogP contribution in [0.15, 0.2) is 12.1 Å². The minimum absolute atomic E-state index is 0.00824. The Morgan fingerprint density at radius 3 is 2.87 bits per heavy atom. The second kappa shape index (κ2) is 5.34. The van der Waals surface area contributed by atoms with E-state index in [2.05, 4.69) is 11.9 Å². The number of aromatic nitrogens is 1. The van der Waals surface area contributed by atoms with Gasteiger partial charge in [-0.2, -0.15) is 0 Å². The van der Waals surface area contributed by atoms with Gasteiger partial charge < -0.3 is 9.84 Å². The molecule has 1 heterocycles. The normalized spacial score (nSPS) is 10.0. The summed E-state index contributed by atoms with van der Waals surface area (Å²) in [6.45, 7) is 4.33. The summed E-state index contributed by atoms with van der Waals surface area (Å²) < 4.78 is 5.35. The Labute approximate surface area is 88.9 Å². The van der Waals surface area contributed by atoms with Gasteiger partial charge in [-0.3, -0.25) is 0 Å². The largest absolute Gasteiger partial charge is 0.491 e. The summed E-state index contributed by atoms with van der Waals surface area (Å²) in [6, 6.07) is 3.40. The molecule has 0 bridgehead atoms. The van der Waals surface area contributed by atoms with Crippen LogP contribution in [0.1, 0.15) is 35.9 Å². The minimum Gasteiger partial charge on any atom is -0.491 e. The van der Waals surface area contributed by atoms with Crippen molar-refractivity contribution in [3.05, 3.63) is 23.5 Å². The minimum atomic E-state index is -1.05. The van der Waals surface area contributed by atoms with Gasteiger partial charge in [0.25, 0.3) is 0 Å². The van der Waals surface area contributed by atoms with Crippen molar-refractivity contribution in [2.45, 2.75) is 26.7 Å². The van der Waals surface area contributed by atoms with Gasteiger partial charge in [0.05, 0.1) is 6.61 Å². The summed E-state index contributed by atoms with van der Waals surface area (Å²) in [4.78, 5) is 14.8. The van der Waals surface area contributed by atoms with Crippen LogP contribution in [-0.4, -0.2) is 22.7 Å². The second-order valence-electron chi connectivity index (χ2n) is 3.31. The van der Waals surface area contributed by atoms with Gasteiger partial charge >= 0.3 is 5.97 Å². The third-order valence-corrected chi connectivity index (χ3v) is 1.96. The van der Waals surface area contributed by atoms with Crippen LogP contribution in [0.5, 0.6) is 5.75 Å². The quantitative estimate of drug-likeness (QED) is 0.756. The molecule has 0 aliphatic carbocycles. The highest BCUT2D eigenvalue weighted by Gasteiger charge is 2.12. The number of hydrogen-bond donors (Lipinski definition) is 1. The second-order valence-corrected chi connectivity index (χ2v) is 3.31. The van der Waals surface area contributed by atoms with Crippen LogP contribution < -0.4 is 4.74 Å². The number of hydrogen-bond acceptors (Lipinski definition) is 3. The number of ether oxygens (including phenoxy) is 1. The molecule has 1 aromatic heterocycles. The van der Waals surface area contributed by atoms with Crippen LogP contribution in [0.4, 0.5) is 0 Å². The number of aryl methyl sites for hydroxylation is 1. The summed E-state index contributed by atoms with van der Waals surface area (Å²) in [6.07, 6.45) is 1.93. The number of carbonyl (C=O) groups is 1. The molecule has 0 aliphatic rings. The maximum absolute atomic E-state index is 10.9. The van der Waals surface area contributed by atoms with Crippen molar-refractivity contribution < 1.29 is 14.6 Å². The Balaban J connectivity index is 2.81. The van der Waals surface area contributed by atoms with Crippen molar-refractivity contribution >= 4 is 5.97 Å². The number of carboxylic acids is 1. The maximum Gasteiger partial charge on any atom is 0.358 e. The number of aromatic carboxylic acids is 1. The highest BCUT2D eigenvalue weighted by atomic mass is 16.5. The fourth-order valence-electron chi connectivity index (χ4n) is 1.14. The SMILES string of the molecule is CCCCOc1ccc(C)nc1C(=O)O. The Bertz CT molecular complexity index is 350. The van der Waals surface area contributed by atoms with Gasteiger partial charge in [-0.1, -0.05) is 13.3 Å². The van der Waals surface area contributed by atoms with Crippen molar-refractivity contribution in [3.63, 3.8) is 0 Å². The van der Waals surface area contributed by atoms with Crippen LogP contribution in [0.25, 0.3) is 0 Å². The molecule has 0 saturated heterocycles. The lowest BCUT2D eigenvalue weighted by atomic mass is 10.3. The first-order chi connectivity index (χ1) is 7.15. The van der Waals surface area contributed by atoms with Crippen LogP contribution in [0.3, 0.4) is 0 Å². The highest BCUT2D eigenvalue weighted by Crippen LogP contribution is 2.17. The molecule has 0 amide bonds. The molecule has 1 N–H and O–H groups in total. The van der Waals surface area contributed by atoms with E-state index in [1.165, 1.54) is 0 Å². The molecule has 0 aliphatic heterocycles. The number of unbranched alkanes of at least 4 members (excludes halogenated alkanes) is 1. The number of pyridine rings is 1. The summed E-state index contributed by atoms with van der Waals surface area (Å²) in [5.41, 5.74) is 0.668. The van der Waals surface area contributed by atoms with Crippen molar-refractivity contribution in [3.8, 4) is 5.75 Å². The first-order valence-electron chi connectivity index (χ1n) is 4.99. The molecule has 0 atom stereocenters. The first kappa shape index (κ1) is 11.5. The molecular formula is C11H15NO3. The average Bonchev–Trinajstić information content (AvgIpc) is 2.20. The van der Waals surface area contributed by atoms with E-state index in [1.807, 2.05) is 0 Å². The molecule has 1 rings (SSSR count). The van der Waals surface area contributed by atoms with E-state index in [1.54, 1.807) is 19.1 Å². The smallest absolute Gasteiger partial charge is 0.358 e. The Kier molecular flexibility index (Phi) is 4.09. The Hall–Kier alpha value is -1.58. The molecule has 0 radical (unpaired) electrons. The summed E-state index contributed by atoms with van der Waals surface area (Å²) >= 11 is 0. The molecule has 0 fully saturated rings. The molecule has 0 unspecified atom stereocenters. The standard InChI is InChI=1S/C11H15NO3/c1-3-4-7-15-9-6-5-8(2)12-10(9)11(13)14/h5-6H,3-4,7H2,1-2H3,(H,13,14). The van der Waals surface area contributed by atoms with Crippen molar-refractivity contribution in [2.75, 3.05) is 6.61 Å². The maximum atomic E-state index is 10.9. The predicted octanol–water partition coefficient (Wildman–Crippen LogP) is 2.27. The molecule has 15 heavy (non-hydrogen) atoms. The van der Waals surface area contributed by atoms with E-state index < -0.39 is 5.97 Å². The zero-order chi connectivity index (χ0) is 11.3. The molecular weight excluding hydrogens is 194 g/mol. The molecule has 0 saturated carbocycles. The Morgan fingerprint density at radius 1 is 1.53 bits per heavy atom. The first-order valence-corrected chi connectivity index (χ1v) is 4.99. The number of carboxylic acid groups (broad SMARTS) is 1. The Morgan fingerprint density at radius 2 is 2.27 bits per heavy atom. The van der Waals surface area contributed by atoms with Crippen molar-refractivity contribution in [2.24, 2.45) is 0 Å². The third-order valence-electron chi connectivity index (χ3n) is 1.96. The molecule has 0 spiro atoms. The summed E-state index contributed by atoms with van der Waals surface area (Å²) in [7, 11) is 0. The zero-order valence-corrected chi connectivity index (χ0v) is 8.99. The predicted molar refractivity (Wildman–Crippen MR) is 56.3 cm³/mol. The zero-order valence-electron chi connectivity index (χ0n) is 8.99. The van der Waals surface area contributed by atoms with Gasteiger partial charge in [0.15, 0.2) is 11.4 Å². The lowest BCUT2D eigenvalue weighted by Gasteiger charge is -2.08. The number of rotatable bonds is 5. The van der Waals surface area contributed by atoms with Gasteiger partial charge in [-0.25, -0.2) is 9.78 Å². The van der Waals surface area contributed by atoms with Gasteiger partial charge in [-0.15, -0.1) is 0 Å². The third kappa shape index (κ3) is 3.23. The molecule has 4 nitrogen and oxygen atoms in total. The highest BCUT2D eigenvalue weighted by molar-refractivity contribution is 5.88. The van der Waals surface area contributed by atoms with Crippen molar-refractivity contribution in [1.29, 1.82) is 0 Å². The topological polar surface area (TPSA) is 59.4 Å². The molecule has 82 valence electrons. The van der Waals surface area contributed by atoms with E-state index in [4.69, 9.17) is 9.84 Å². The summed E-state index contributed by atoms with van der Waals surface area (Å²) in [5, 5.41) is 8.90. The van der Waals surface area contributed by atoms with Crippen LogP contribution in [0, 0.1) is 6.92 Å². The molecule has 4 heteroatoms.